The Morgan fingerprint density at radius 1 is 1.44 bits per heavy atom. The van der Waals surface area contributed by atoms with Crippen LogP contribution >= 0.6 is 0 Å². The minimum absolute atomic E-state index is 0.171. The summed E-state index contributed by atoms with van der Waals surface area (Å²) in [5, 5.41) is 0. The molecule has 0 bridgehead atoms. The zero-order valence-electron chi connectivity index (χ0n) is 10.0. The van der Waals surface area contributed by atoms with E-state index in [0.29, 0.717) is 6.42 Å². The van der Waals surface area contributed by atoms with Gasteiger partial charge in [0, 0.05) is 12.0 Å². The lowest BCUT2D eigenvalue weighted by molar-refractivity contribution is 0.0968. The van der Waals surface area contributed by atoms with Crippen molar-refractivity contribution in [3.8, 4) is 0 Å². The number of rotatable bonds is 4. The van der Waals surface area contributed by atoms with E-state index < -0.39 is 11.4 Å². The summed E-state index contributed by atoms with van der Waals surface area (Å²) in [5.41, 5.74) is 6.45. The summed E-state index contributed by atoms with van der Waals surface area (Å²) >= 11 is 0. The maximum Gasteiger partial charge on any atom is 0.165 e. The van der Waals surface area contributed by atoms with Crippen molar-refractivity contribution in [1.29, 1.82) is 0 Å². The van der Waals surface area contributed by atoms with Gasteiger partial charge in [0.2, 0.25) is 0 Å². The summed E-state index contributed by atoms with van der Waals surface area (Å²) in [7, 11) is 0. The predicted octanol–water partition coefficient (Wildman–Crippen LogP) is 2.83. The molecule has 0 saturated carbocycles. The van der Waals surface area contributed by atoms with E-state index in [1.54, 1.807) is 12.1 Å². The fourth-order valence-electron chi connectivity index (χ4n) is 1.42. The zero-order chi connectivity index (χ0) is 12.3. The highest BCUT2D eigenvalue weighted by Gasteiger charge is 2.16. The normalized spacial score (nSPS) is 11.6. The molecule has 88 valence electrons. The lowest BCUT2D eigenvalue weighted by Crippen LogP contribution is -2.32. The Bertz CT molecular complexity index is 393. The standard InChI is InChI=1S/C13H18FNO/c1-9-4-5-11(14)10(8-9)12(16)6-7-13(2,3)15/h4-5,8H,6-7,15H2,1-3H3. The van der Waals surface area contributed by atoms with Crippen LogP contribution in [0.1, 0.15) is 42.6 Å². The Hall–Kier alpha value is -1.22. The summed E-state index contributed by atoms with van der Waals surface area (Å²) in [4.78, 5) is 11.8. The lowest BCUT2D eigenvalue weighted by Gasteiger charge is -2.17. The van der Waals surface area contributed by atoms with E-state index in [4.69, 9.17) is 5.73 Å². The van der Waals surface area contributed by atoms with Gasteiger partial charge in [-0.2, -0.15) is 0 Å². The number of ketones is 1. The molecular weight excluding hydrogens is 205 g/mol. The van der Waals surface area contributed by atoms with Crippen molar-refractivity contribution in [3.63, 3.8) is 0 Å². The van der Waals surface area contributed by atoms with Crippen LogP contribution in [0.25, 0.3) is 0 Å². The number of nitrogens with two attached hydrogens (primary N) is 1. The molecule has 1 aromatic carbocycles. The second kappa shape index (κ2) is 4.74. The largest absolute Gasteiger partial charge is 0.326 e. The monoisotopic (exact) mass is 223 g/mol. The van der Waals surface area contributed by atoms with Gasteiger partial charge in [-0.15, -0.1) is 0 Å². The summed E-state index contributed by atoms with van der Waals surface area (Å²) < 4.78 is 13.4. The Morgan fingerprint density at radius 2 is 2.06 bits per heavy atom. The summed E-state index contributed by atoms with van der Waals surface area (Å²) in [6.45, 7) is 5.54. The summed E-state index contributed by atoms with van der Waals surface area (Å²) in [5.74, 6) is -0.634. The number of Topliss-reactive ketones (excluding diaryl/α,β-unsaturated/α-hetero) is 1. The average molecular weight is 223 g/mol. The van der Waals surface area contributed by atoms with Crippen molar-refractivity contribution in [3.05, 3.63) is 35.1 Å². The topological polar surface area (TPSA) is 43.1 Å². The van der Waals surface area contributed by atoms with E-state index >= 15 is 0 Å². The molecule has 0 radical (unpaired) electrons. The third-order valence-corrected chi connectivity index (χ3v) is 2.42. The van der Waals surface area contributed by atoms with Crippen LogP contribution < -0.4 is 5.73 Å². The Kier molecular flexibility index (Phi) is 3.81. The molecule has 0 saturated heterocycles. The van der Waals surface area contributed by atoms with Crippen LogP contribution in [0, 0.1) is 12.7 Å². The quantitative estimate of drug-likeness (QED) is 0.797. The number of aryl methyl sites for hydroxylation is 1. The first-order valence-corrected chi connectivity index (χ1v) is 5.38. The molecular formula is C13H18FNO. The summed E-state index contributed by atoms with van der Waals surface area (Å²) in [6.07, 6.45) is 0.836. The highest BCUT2D eigenvalue weighted by atomic mass is 19.1. The van der Waals surface area contributed by atoms with Gasteiger partial charge in [-0.05, 0) is 39.3 Å². The molecule has 0 aromatic heterocycles. The van der Waals surface area contributed by atoms with Crippen molar-refractivity contribution in [2.75, 3.05) is 0 Å². The summed E-state index contributed by atoms with van der Waals surface area (Å²) in [6, 6.07) is 4.57. The van der Waals surface area contributed by atoms with Crippen LogP contribution in [0.2, 0.25) is 0 Å². The predicted molar refractivity (Wildman–Crippen MR) is 63.0 cm³/mol. The van der Waals surface area contributed by atoms with E-state index in [1.165, 1.54) is 6.07 Å². The molecule has 3 heteroatoms. The number of carbonyl (C=O) groups is 1. The van der Waals surface area contributed by atoms with E-state index in [1.807, 2.05) is 20.8 Å². The molecule has 2 nitrogen and oxygen atoms in total. The molecule has 0 amide bonds. The first-order chi connectivity index (χ1) is 7.29. The number of carbonyl (C=O) groups excluding carboxylic acids is 1. The Morgan fingerprint density at radius 3 is 2.62 bits per heavy atom. The van der Waals surface area contributed by atoms with Gasteiger partial charge in [-0.25, -0.2) is 4.39 Å². The molecule has 1 aromatic rings. The van der Waals surface area contributed by atoms with Gasteiger partial charge in [0.05, 0.1) is 5.56 Å². The molecule has 0 heterocycles. The van der Waals surface area contributed by atoms with Crippen LogP contribution in [-0.4, -0.2) is 11.3 Å². The molecule has 0 fully saturated rings. The first-order valence-electron chi connectivity index (χ1n) is 5.38. The van der Waals surface area contributed by atoms with Crippen LogP contribution in [0.15, 0.2) is 18.2 Å². The van der Waals surface area contributed by atoms with Gasteiger partial charge < -0.3 is 5.73 Å². The fourth-order valence-corrected chi connectivity index (χ4v) is 1.42. The van der Waals surface area contributed by atoms with Crippen LogP contribution in [0.5, 0.6) is 0 Å². The Balaban J connectivity index is 2.77. The fraction of sp³-hybridized carbons (Fsp3) is 0.462. The minimum Gasteiger partial charge on any atom is -0.326 e. The van der Waals surface area contributed by atoms with Crippen LogP contribution in [0.3, 0.4) is 0 Å². The first kappa shape index (κ1) is 12.8. The van der Waals surface area contributed by atoms with Gasteiger partial charge in [0.1, 0.15) is 5.82 Å². The third kappa shape index (κ3) is 3.74. The molecule has 2 N–H and O–H groups in total. The maximum absolute atomic E-state index is 13.4. The SMILES string of the molecule is Cc1ccc(F)c(C(=O)CCC(C)(C)N)c1. The van der Waals surface area contributed by atoms with Crippen molar-refractivity contribution in [1.82, 2.24) is 0 Å². The maximum atomic E-state index is 13.4. The second-order valence-electron chi connectivity index (χ2n) is 4.90. The molecule has 0 aliphatic heterocycles. The highest BCUT2D eigenvalue weighted by Crippen LogP contribution is 2.15. The molecule has 0 aliphatic rings. The van der Waals surface area contributed by atoms with Crippen LogP contribution in [0.4, 0.5) is 4.39 Å². The van der Waals surface area contributed by atoms with Crippen LogP contribution in [-0.2, 0) is 0 Å². The molecule has 0 spiro atoms. The average Bonchev–Trinajstić information content (AvgIpc) is 2.17. The van der Waals surface area contributed by atoms with Crippen molar-refractivity contribution < 1.29 is 9.18 Å². The number of halogens is 1. The number of hydrogen-bond acceptors (Lipinski definition) is 2. The van der Waals surface area contributed by atoms with Crippen molar-refractivity contribution in [2.24, 2.45) is 5.73 Å². The highest BCUT2D eigenvalue weighted by molar-refractivity contribution is 5.96. The van der Waals surface area contributed by atoms with E-state index in [0.717, 1.165) is 5.56 Å². The van der Waals surface area contributed by atoms with Gasteiger partial charge in [0.15, 0.2) is 5.78 Å². The van der Waals surface area contributed by atoms with E-state index in [-0.39, 0.29) is 17.8 Å². The molecule has 0 atom stereocenters. The van der Waals surface area contributed by atoms with Gasteiger partial charge in [-0.1, -0.05) is 11.6 Å². The van der Waals surface area contributed by atoms with Gasteiger partial charge in [0.25, 0.3) is 0 Å². The Labute approximate surface area is 95.7 Å². The van der Waals surface area contributed by atoms with E-state index in [2.05, 4.69) is 0 Å². The van der Waals surface area contributed by atoms with Gasteiger partial charge in [-0.3, -0.25) is 4.79 Å². The number of hydrogen-bond donors (Lipinski definition) is 1. The molecule has 1 rings (SSSR count). The lowest BCUT2D eigenvalue weighted by atomic mass is 9.95. The number of benzene rings is 1. The molecule has 0 unspecified atom stereocenters. The van der Waals surface area contributed by atoms with E-state index in [9.17, 15) is 9.18 Å². The zero-order valence-corrected chi connectivity index (χ0v) is 10.0. The molecule has 16 heavy (non-hydrogen) atoms. The van der Waals surface area contributed by atoms with Gasteiger partial charge >= 0.3 is 0 Å². The smallest absolute Gasteiger partial charge is 0.165 e. The molecule has 0 aliphatic carbocycles. The third-order valence-electron chi connectivity index (χ3n) is 2.42. The van der Waals surface area contributed by atoms with Crippen molar-refractivity contribution >= 4 is 5.78 Å². The second-order valence-corrected chi connectivity index (χ2v) is 4.90. The minimum atomic E-state index is -0.453. The van der Waals surface area contributed by atoms with Crippen molar-refractivity contribution in [2.45, 2.75) is 39.2 Å².